The molecule has 0 fully saturated rings. The van der Waals surface area contributed by atoms with Gasteiger partial charge in [0.1, 0.15) is 17.3 Å². The van der Waals surface area contributed by atoms with Crippen LogP contribution in [0, 0.1) is 6.92 Å². The second-order valence-electron chi connectivity index (χ2n) is 7.04. The topological polar surface area (TPSA) is 100 Å². The lowest BCUT2D eigenvalue weighted by Crippen LogP contribution is -2.36. The van der Waals surface area contributed by atoms with Crippen LogP contribution in [0.25, 0.3) is 10.9 Å². The number of ether oxygens (including phenoxy) is 1. The molecule has 0 saturated heterocycles. The van der Waals surface area contributed by atoms with Crippen molar-refractivity contribution >= 4 is 22.8 Å². The summed E-state index contributed by atoms with van der Waals surface area (Å²) < 4.78 is 39.0. The van der Waals surface area contributed by atoms with Crippen molar-refractivity contribution in [2.75, 3.05) is 13.7 Å². The van der Waals surface area contributed by atoms with Crippen LogP contribution in [0.3, 0.4) is 0 Å². The molecule has 2 aromatic heterocycles. The second kappa shape index (κ2) is 8.32. The highest BCUT2D eigenvalue weighted by atomic mass is 19.4. The van der Waals surface area contributed by atoms with E-state index in [0.29, 0.717) is 18.8 Å². The van der Waals surface area contributed by atoms with Crippen molar-refractivity contribution in [1.29, 1.82) is 0 Å². The molecule has 1 aliphatic rings. The Hall–Kier alpha value is -3.50. The zero-order chi connectivity index (χ0) is 22.9. The first-order valence-corrected chi connectivity index (χ1v) is 9.28. The average molecular weight is 438 g/mol. The summed E-state index contributed by atoms with van der Waals surface area (Å²) in [7, 11) is 3.57. The van der Waals surface area contributed by atoms with E-state index in [1.165, 1.54) is 0 Å². The van der Waals surface area contributed by atoms with Crippen molar-refractivity contribution in [1.82, 2.24) is 19.4 Å². The molecule has 11 heteroatoms. The van der Waals surface area contributed by atoms with E-state index >= 15 is 0 Å². The van der Waals surface area contributed by atoms with Crippen molar-refractivity contribution in [3.63, 3.8) is 0 Å². The lowest BCUT2D eigenvalue weighted by Gasteiger charge is -2.26. The lowest BCUT2D eigenvalue weighted by atomic mass is 10.1. The molecule has 1 aliphatic heterocycles. The van der Waals surface area contributed by atoms with Crippen molar-refractivity contribution in [2.24, 2.45) is 7.05 Å². The summed E-state index contributed by atoms with van der Waals surface area (Å²) in [6.45, 7) is 3.22. The van der Waals surface area contributed by atoms with Gasteiger partial charge >= 0.3 is 12.1 Å². The highest BCUT2D eigenvalue weighted by Gasteiger charge is 2.38. The molecule has 0 unspecified atom stereocenters. The molecule has 0 spiro atoms. The van der Waals surface area contributed by atoms with Crippen LogP contribution in [0.5, 0.6) is 5.75 Å². The summed E-state index contributed by atoms with van der Waals surface area (Å²) in [5.74, 6) is -1.01. The Kier molecular flexibility index (Phi) is 5.96. The number of amides is 1. The Morgan fingerprint density at radius 2 is 1.94 bits per heavy atom. The van der Waals surface area contributed by atoms with E-state index in [1.807, 2.05) is 47.7 Å². The van der Waals surface area contributed by atoms with E-state index in [-0.39, 0.29) is 5.91 Å². The van der Waals surface area contributed by atoms with Crippen LogP contribution >= 0.6 is 0 Å². The number of nitrogens with zero attached hydrogens (tertiary/aromatic N) is 3. The zero-order valence-electron chi connectivity index (χ0n) is 17.1. The number of carbonyl (C=O) groups is 2. The number of aromatic amines is 1. The number of aromatic nitrogens is 3. The van der Waals surface area contributed by atoms with Crippen molar-refractivity contribution in [3.8, 4) is 5.75 Å². The van der Waals surface area contributed by atoms with Gasteiger partial charge in [-0.2, -0.15) is 13.2 Å². The molecule has 31 heavy (non-hydrogen) atoms. The molecule has 0 bridgehead atoms. The van der Waals surface area contributed by atoms with E-state index in [9.17, 15) is 18.0 Å². The van der Waals surface area contributed by atoms with Crippen LogP contribution in [0.2, 0.25) is 0 Å². The van der Waals surface area contributed by atoms with Gasteiger partial charge in [0.15, 0.2) is 0 Å². The number of hydrogen-bond donors (Lipinski definition) is 2. The third-order valence-electron chi connectivity index (χ3n) is 4.95. The first-order valence-electron chi connectivity index (χ1n) is 9.28. The van der Waals surface area contributed by atoms with Crippen LogP contribution in [0.4, 0.5) is 13.2 Å². The smallest absolute Gasteiger partial charge is 0.490 e. The van der Waals surface area contributed by atoms with Crippen LogP contribution < -0.4 is 4.74 Å². The number of imidazole rings is 1. The first kappa shape index (κ1) is 22.2. The van der Waals surface area contributed by atoms with Gasteiger partial charge in [-0.3, -0.25) is 4.79 Å². The zero-order valence-corrected chi connectivity index (χ0v) is 17.1. The third kappa shape index (κ3) is 4.65. The van der Waals surface area contributed by atoms with Gasteiger partial charge < -0.3 is 24.3 Å². The number of halogens is 3. The fourth-order valence-corrected chi connectivity index (χ4v) is 3.41. The van der Waals surface area contributed by atoms with E-state index in [1.54, 1.807) is 7.11 Å². The maximum Gasteiger partial charge on any atom is 0.490 e. The molecule has 2 N–H and O–H groups in total. The van der Waals surface area contributed by atoms with Gasteiger partial charge in [0.25, 0.3) is 5.91 Å². The number of hydrogen-bond acceptors (Lipinski definition) is 4. The van der Waals surface area contributed by atoms with Gasteiger partial charge in [-0.25, -0.2) is 9.78 Å². The number of aryl methyl sites for hydroxylation is 2. The van der Waals surface area contributed by atoms with Gasteiger partial charge in [0, 0.05) is 31.5 Å². The average Bonchev–Trinajstić information content (AvgIpc) is 3.25. The fourth-order valence-electron chi connectivity index (χ4n) is 3.41. The van der Waals surface area contributed by atoms with Crippen molar-refractivity contribution in [3.05, 3.63) is 47.2 Å². The Morgan fingerprint density at radius 1 is 1.26 bits per heavy atom. The van der Waals surface area contributed by atoms with E-state index in [2.05, 4.69) is 9.97 Å². The maximum atomic E-state index is 13.0. The Bertz CT molecular complexity index is 1130. The van der Waals surface area contributed by atoms with Crippen LogP contribution in [-0.4, -0.2) is 56.2 Å². The third-order valence-corrected chi connectivity index (χ3v) is 4.95. The number of aliphatic carboxylic acids is 1. The largest absolute Gasteiger partial charge is 0.497 e. The minimum absolute atomic E-state index is 0.0468. The summed E-state index contributed by atoms with van der Waals surface area (Å²) >= 11 is 0. The van der Waals surface area contributed by atoms with Crippen molar-refractivity contribution in [2.45, 2.75) is 26.1 Å². The van der Waals surface area contributed by atoms with E-state index in [4.69, 9.17) is 14.6 Å². The van der Waals surface area contributed by atoms with Crippen LogP contribution in [0.1, 0.15) is 27.7 Å². The number of methoxy groups -OCH3 is 1. The number of rotatable bonds is 2. The number of carboxylic acids is 1. The fraction of sp³-hybridized carbons (Fsp3) is 0.350. The first-order chi connectivity index (χ1) is 14.5. The van der Waals surface area contributed by atoms with Gasteiger partial charge in [-0.05, 0) is 25.1 Å². The molecule has 0 radical (unpaired) electrons. The number of benzene rings is 1. The number of alkyl halides is 3. The molecule has 1 aromatic carbocycles. The van der Waals surface area contributed by atoms with Crippen LogP contribution in [0.15, 0.2) is 24.3 Å². The molecule has 3 heterocycles. The Morgan fingerprint density at radius 3 is 2.55 bits per heavy atom. The monoisotopic (exact) mass is 438 g/mol. The minimum atomic E-state index is -5.08. The second-order valence-corrected chi connectivity index (χ2v) is 7.04. The summed E-state index contributed by atoms with van der Waals surface area (Å²) in [5.41, 5.74) is 3.82. The molecular weight excluding hydrogens is 417 g/mol. The van der Waals surface area contributed by atoms with Gasteiger partial charge in [-0.15, -0.1) is 0 Å². The SMILES string of the molecule is COc1ccc2cc(C(=O)N3CCc4nc(C)[nH]c4C3)n(C)c2c1.O=C(O)C(F)(F)F. The predicted molar refractivity (Wildman–Crippen MR) is 105 cm³/mol. The van der Waals surface area contributed by atoms with E-state index in [0.717, 1.165) is 40.3 Å². The highest BCUT2D eigenvalue weighted by Crippen LogP contribution is 2.26. The highest BCUT2D eigenvalue weighted by molar-refractivity contribution is 5.99. The lowest BCUT2D eigenvalue weighted by molar-refractivity contribution is -0.192. The Labute approximate surface area is 175 Å². The molecule has 8 nitrogen and oxygen atoms in total. The van der Waals surface area contributed by atoms with Crippen molar-refractivity contribution < 1.29 is 32.6 Å². The Balaban J connectivity index is 0.000000339. The summed E-state index contributed by atoms with van der Waals surface area (Å²) in [4.78, 5) is 31.5. The number of fused-ring (bicyclic) bond motifs is 2. The molecule has 3 aromatic rings. The summed E-state index contributed by atoms with van der Waals surface area (Å²) in [5, 5.41) is 8.16. The minimum Gasteiger partial charge on any atom is -0.497 e. The van der Waals surface area contributed by atoms with Gasteiger partial charge in [-0.1, -0.05) is 0 Å². The van der Waals surface area contributed by atoms with E-state index < -0.39 is 12.1 Å². The number of carboxylic acid groups (broad SMARTS) is 1. The predicted octanol–water partition coefficient (Wildman–Crippen LogP) is 3.05. The van der Waals surface area contributed by atoms with Crippen LogP contribution in [-0.2, 0) is 24.8 Å². The molecule has 0 aliphatic carbocycles. The van der Waals surface area contributed by atoms with Gasteiger partial charge in [0.2, 0.25) is 0 Å². The summed E-state index contributed by atoms with van der Waals surface area (Å²) in [6, 6.07) is 7.80. The molecular formula is C20H21F3N4O4. The number of carbonyl (C=O) groups excluding carboxylic acids is 1. The standard InChI is InChI=1S/C18H20N4O2.C2HF3O2/c1-11-19-14-6-7-22(10-15(14)20-11)18(23)17-8-12-4-5-13(24-3)9-16(12)21(17)2;3-2(4,5)1(6)7/h4-5,8-9H,6-7,10H2,1-3H3,(H,19,20);(H,6,7). The molecule has 166 valence electrons. The summed E-state index contributed by atoms with van der Waals surface area (Å²) in [6.07, 6.45) is -4.29. The number of nitrogens with one attached hydrogen (secondary N) is 1. The number of H-pyrrole nitrogens is 1. The quantitative estimate of drug-likeness (QED) is 0.641. The molecule has 1 amide bonds. The van der Waals surface area contributed by atoms with Gasteiger partial charge in [0.05, 0.1) is 30.6 Å². The maximum absolute atomic E-state index is 13.0. The molecule has 4 rings (SSSR count). The normalized spacial score (nSPS) is 13.4. The molecule has 0 saturated carbocycles. The molecule has 0 atom stereocenters.